The molecule has 1 fully saturated rings. The summed E-state index contributed by atoms with van der Waals surface area (Å²) in [6.07, 6.45) is 2.57. The molecule has 0 unspecified atom stereocenters. The predicted octanol–water partition coefficient (Wildman–Crippen LogP) is 0.284. The van der Waals surface area contributed by atoms with Crippen LogP contribution >= 0.6 is 11.3 Å². The fourth-order valence-corrected chi connectivity index (χ4v) is 2.15. The number of nitrogens with zero attached hydrogens (tertiary/aromatic N) is 2. The third-order valence-electron chi connectivity index (χ3n) is 2.15. The monoisotopic (exact) mass is 239 g/mol. The Labute approximate surface area is 95.3 Å². The van der Waals surface area contributed by atoms with Crippen LogP contribution in [-0.2, 0) is 22.6 Å². The number of aryl methyl sites for hydroxylation is 1. The second kappa shape index (κ2) is 4.01. The number of aromatic nitrogens is 1. The van der Waals surface area contributed by atoms with Crippen molar-refractivity contribution < 1.29 is 14.4 Å². The van der Waals surface area contributed by atoms with Crippen LogP contribution in [0.5, 0.6) is 0 Å². The average molecular weight is 239 g/mol. The van der Waals surface area contributed by atoms with Gasteiger partial charge in [0.15, 0.2) is 0 Å². The molecule has 1 aromatic heterocycles. The lowest BCUT2D eigenvalue weighted by Gasteiger charge is -2.07. The van der Waals surface area contributed by atoms with Gasteiger partial charge in [0.2, 0.25) is 0 Å². The lowest BCUT2D eigenvalue weighted by Crippen LogP contribution is -2.30. The van der Waals surface area contributed by atoms with Crippen LogP contribution in [0.1, 0.15) is 16.8 Å². The van der Waals surface area contributed by atoms with Crippen LogP contribution < -0.4 is 5.32 Å². The number of rotatable bonds is 3. The Kier molecular flexibility index (Phi) is 2.69. The highest BCUT2D eigenvalue weighted by atomic mass is 32.1. The van der Waals surface area contributed by atoms with Gasteiger partial charge in [0.1, 0.15) is 5.01 Å². The van der Waals surface area contributed by atoms with E-state index in [4.69, 9.17) is 0 Å². The van der Waals surface area contributed by atoms with Crippen LogP contribution in [0.4, 0.5) is 4.79 Å². The number of amides is 4. The highest BCUT2D eigenvalue weighted by Crippen LogP contribution is 2.16. The Balaban J connectivity index is 2.12. The molecule has 6 nitrogen and oxygen atoms in total. The Morgan fingerprint density at radius 2 is 2.19 bits per heavy atom. The predicted molar refractivity (Wildman–Crippen MR) is 55.6 cm³/mol. The van der Waals surface area contributed by atoms with Crippen LogP contribution in [0, 0.1) is 0 Å². The largest absolute Gasteiger partial charge is 0.331 e. The van der Waals surface area contributed by atoms with E-state index in [1.165, 1.54) is 11.3 Å². The SMILES string of the molecule is CCc1cnc(CN2C(=O)NC(=O)C2=O)s1. The maximum atomic E-state index is 11.3. The van der Waals surface area contributed by atoms with E-state index in [-0.39, 0.29) is 6.54 Å². The number of thiazole rings is 1. The molecule has 16 heavy (non-hydrogen) atoms. The van der Waals surface area contributed by atoms with Crippen LogP contribution in [0.3, 0.4) is 0 Å². The molecular formula is C9H9N3O3S. The zero-order valence-corrected chi connectivity index (χ0v) is 9.34. The highest BCUT2D eigenvalue weighted by molar-refractivity contribution is 7.11. The molecule has 84 valence electrons. The number of hydrogen-bond donors (Lipinski definition) is 1. The van der Waals surface area contributed by atoms with Gasteiger partial charge in [-0.2, -0.15) is 0 Å². The van der Waals surface area contributed by atoms with Crippen molar-refractivity contribution in [3.05, 3.63) is 16.1 Å². The van der Waals surface area contributed by atoms with E-state index in [2.05, 4.69) is 4.98 Å². The molecule has 0 bridgehead atoms. The first kappa shape index (κ1) is 10.7. The molecule has 0 radical (unpaired) electrons. The number of nitrogens with one attached hydrogen (secondary N) is 1. The summed E-state index contributed by atoms with van der Waals surface area (Å²) < 4.78 is 0. The Hall–Kier alpha value is -1.76. The lowest BCUT2D eigenvalue weighted by molar-refractivity contribution is -0.140. The minimum atomic E-state index is -0.878. The summed E-state index contributed by atoms with van der Waals surface area (Å²) in [5.41, 5.74) is 0. The third-order valence-corrected chi connectivity index (χ3v) is 3.27. The topological polar surface area (TPSA) is 79.4 Å². The molecule has 4 amide bonds. The molecule has 1 N–H and O–H groups in total. The molecule has 0 saturated carbocycles. The number of carbonyl (C=O) groups excluding carboxylic acids is 3. The van der Waals surface area contributed by atoms with E-state index in [1.54, 1.807) is 6.20 Å². The molecule has 0 atom stereocenters. The molecule has 0 aliphatic carbocycles. The third kappa shape index (κ3) is 1.81. The zero-order chi connectivity index (χ0) is 11.7. The Morgan fingerprint density at radius 1 is 1.44 bits per heavy atom. The Morgan fingerprint density at radius 3 is 2.69 bits per heavy atom. The van der Waals surface area contributed by atoms with Crippen LogP contribution in [0.2, 0.25) is 0 Å². The smallest absolute Gasteiger partial charge is 0.269 e. The highest BCUT2D eigenvalue weighted by Gasteiger charge is 2.37. The molecule has 2 rings (SSSR count). The van der Waals surface area contributed by atoms with Gasteiger partial charge in [-0.15, -0.1) is 11.3 Å². The summed E-state index contributed by atoms with van der Waals surface area (Å²) in [7, 11) is 0. The summed E-state index contributed by atoms with van der Waals surface area (Å²) in [5.74, 6) is -1.70. The average Bonchev–Trinajstić information content (AvgIpc) is 2.80. The Bertz CT molecular complexity index is 468. The number of hydrogen-bond acceptors (Lipinski definition) is 5. The first-order chi connectivity index (χ1) is 7.61. The van der Waals surface area contributed by atoms with Crippen molar-refractivity contribution in [3.63, 3.8) is 0 Å². The maximum absolute atomic E-state index is 11.3. The van der Waals surface area contributed by atoms with E-state index in [0.29, 0.717) is 5.01 Å². The van der Waals surface area contributed by atoms with Crippen molar-refractivity contribution in [2.75, 3.05) is 0 Å². The molecule has 0 spiro atoms. The zero-order valence-electron chi connectivity index (χ0n) is 8.52. The van der Waals surface area contributed by atoms with Crippen LogP contribution in [0.25, 0.3) is 0 Å². The van der Waals surface area contributed by atoms with Gasteiger partial charge in [-0.05, 0) is 6.42 Å². The second-order valence-corrected chi connectivity index (χ2v) is 4.42. The number of imide groups is 2. The van der Waals surface area contributed by atoms with Gasteiger partial charge in [-0.25, -0.2) is 14.7 Å². The number of carbonyl (C=O) groups is 3. The van der Waals surface area contributed by atoms with Crippen molar-refractivity contribution >= 4 is 29.2 Å². The first-order valence-corrected chi connectivity index (χ1v) is 5.54. The molecule has 1 aromatic rings. The molecule has 1 saturated heterocycles. The fraction of sp³-hybridized carbons (Fsp3) is 0.333. The standard InChI is InChI=1S/C9H9N3O3S/c1-2-5-3-10-6(16-5)4-12-8(14)7(13)11-9(12)15/h3H,2,4H2,1H3,(H,11,13,15). The molecule has 0 aromatic carbocycles. The van der Waals surface area contributed by atoms with Crippen LogP contribution in [-0.4, -0.2) is 27.7 Å². The first-order valence-electron chi connectivity index (χ1n) is 4.72. The van der Waals surface area contributed by atoms with Crippen molar-refractivity contribution in [3.8, 4) is 0 Å². The van der Waals surface area contributed by atoms with Gasteiger partial charge in [0.05, 0.1) is 6.54 Å². The van der Waals surface area contributed by atoms with Gasteiger partial charge >= 0.3 is 17.8 Å². The van der Waals surface area contributed by atoms with E-state index >= 15 is 0 Å². The minimum Gasteiger partial charge on any atom is -0.269 e. The summed E-state index contributed by atoms with van der Waals surface area (Å²) in [6, 6.07) is -0.678. The van der Waals surface area contributed by atoms with Gasteiger partial charge < -0.3 is 0 Å². The summed E-state index contributed by atoms with van der Waals surface area (Å²) in [6.45, 7) is 2.05. The minimum absolute atomic E-state index is 0.0566. The van der Waals surface area contributed by atoms with Crippen molar-refractivity contribution in [1.82, 2.24) is 15.2 Å². The lowest BCUT2D eigenvalue weighted by atomic mass is 10.4. The van der Waals surface area contributed by atoms with Crippen molar-refractivity contribution in [1.29, 1.82) is 0 Å². The van der Waals surface area contributed by atoms with E-state index in [1.807, 2.05) is 12.2 Å². The molecular weight excluding hydrogens is 230 g/mol. The van der Waals surface area contributed by atoms with Gasteiger partial charge in [-0.3, -0.25) is 14.9 Å². The second-order valence-electron chi connectivity index (χ2n) is 3.22. The molecule has 7 heteroatoms. The summed E-state index contributed by atoms with van der Waals surface area (Å²) >= 11 is 1.43. The molecule has 2 heterocycles. The van der Waals surface area contributed by atoms with Crippen LogP contribution in [0.15, 0.2) is 6.20 Å². The quantitative estimate of drug-likeness (QED) is 0.607. The maximum Gasteiger partial charge on any atom is 0.331 e. The van der Waals surface area contributed by atoms with Crippen molar-refractivity contribution in [2.24, 2.45) is 0 Å². The number of urea groups is 1. The summed E-state index contributed by atoms with van der Waals surface area (Å²) in [4.78, 5) is 39.4. The van der Waals surface area contributed by atoms with Crippen molar-refractivity contribution in [2.45, 2.75) is 19.9 Å². The van der Waals surface area contributed by atoms with Gasteiger partial charge in [0, 0.05) is 11.1 Å². The van der Waals surface area contributed by atoms with E-state index in [9.17, 15) is 14.4 Å². The summed E-state index contributed by atoms with van der Waals surface area (Å²) in [5, 5.41) is 2.58. The fourth-order valence-electron chi connectivity index (χ4n) is 1.30. The van der Waals surface area contributed by atoms with Gasteiger partial charge in [-0.1, -0.05) is 6.92 Å². The molecule has 1 aliphatic rings. The normalized spacial score (nSPS) is 15.8. The van der Waals surface area contributed by atoms with E-state index in [0.717, 1.165) is 16.2 Å². The van der Waals surface area contributed by atoms with E-state index < -0.39 is 17.8 Å². The molecule has 1 aliphatic heterocycles. The van der Waals surface area contributed by atoms with Gasteiger partial charge in [0.25, 0.3) is 0 Å².